The fourth-order valence-electron chi connectivity index (χ4n) is 2.56. The van der Waals surface area contributed by atoms with Gasteiger partial charge in [-0.05, 0) is 37.0 Å². The van der Waals surface area contributed by atoms with Crippen LogP contribution in [0, 0.1) is 11.3 Å². The maximum atomic E-state index is 5.84. The average Bonchev–Trinajstić information content (AvgIpc) is 1.94. The van der Waals surface area contributed by atoms with Gasteiger partial charge in [-0.2, -0.15) is 0 Å². The number of rotatable bonds is 0. The fourth-order valence-corrected chi connectivity index (χ4v) is 2.56. The second-order valence-corrected chi connectivity index (χ2v) is 4.09. The summed E-state index contributed by atoms with van der Waals surface area (Å²) >= 11 is 0. The van der Waals surface area contributed by atoms with Crippen LogP contribution in [0.15, 0.2) is 0 Å². The van der Waals surface area contributed by atoms with Crippen molar-refractivity contribution >= 4 is 0 Å². The van der Waals surface area contributed by atoms with E-state index in [1.807, 2.05) is 0 Å². The SMILES string of the molecule is C[C@]12CCC1CC(N)C2. The molecule has 2 unspecified atom stereocenters. The summed E-state index contributed by atoms with van der Waals surface area (Å²) in [5.41, 5.74) is 6.52. The molecule has 0 amide bonds. The molecule has 0 radical (unpaired) electrons. The highest BCUT2D eigenvalue weighted by molar-refractivity contribution is 5.01. The highest BCUT2D eigenvalue weighted by Gasteiger charge is 2.48. The van der Waals surface area contributed by atoms with Gasteiger partial charge in [-0.15, -0.1) is 0 Å². The molecule has 0 saturated heterocycles. The van der Waals surface area contributed by atoms with Crippen molar-refractivity contribution in [3.8, 4) is 0 Å². The molecule has 0 aromatic rings. The maximum absolute atomic E-state index is 5.84. The Morgan fingerprint density at radius 1 is 1.56 bits per heavy atom. The third-order valence-electron chi connectivity index (χ3n) is 3.37. The molecule has 2 aliphatic rings. The van der Waals surface area contributed by atoms with E-state index in [1.54, 1.807) is 0 Å². The van der Waals surface area contributed by atoms with Crippen molar-refractivity contribution in [3.05, 3.63) is 0 Å². The van der Waals surface area contributed by atoms with Crippen LogP contribution in [0.2, 0.25) is 0 Å². The van der Waals surface area contributed by atoms with Crippen molar-refractivity contribution in [1.29, 1.82) is 0 Å². The van der Waals surface area contributed by atoms with Crippen LogP contribution in [0.25, 0.3) is 0 Å². The van der Waals surface area contributed by atoms with Gasteiger partial charge in [0.2, 0.25) is 0 Å². The van der Waals surface area contributed by atoms with Gasteiger partial charge in [0.05, 0.1) is 0 Å². The molecule has 3 atom stereocenters. The van der Waals surface area contributed by atoms with E-state index in [0.29, 0.717) is 11.5 Å². The largest absolute Gasteiger partial charge is 0.328 e. The Hall–Kier alpha value is -0.0400. The Morgan fingerprint density at radius 3 is 2.56 bits per heavy atom. The second kappa shape index (κ2) is 1.51. The van der Waals surface area contributed by atoms with E-state index in [-0.39, 0.29) is 0 Å². The van der Waals surface area contributed by atoms with Gasteiger partial charge in [-0.1, -0.05) is 6.92 Å². The summed E-state index contributed by atoms with van der Waals surface area (Å²) in [6, 6.07) is 0.530. The molecule has 2 N–H and O–H groups in total. The molecule has 1 nitrogen and oxygen atoms in total. The van der Waals surface area contributed by atoms with E-state index >= 15 is 0 Å². The Kier molecular flexibility index (Phi) is 0.963. The van der Waals surface area contributed by atoms with Crippen LogP contribution in [0.3, 0.4) is 0 Å². The zero-order valence-electron chi connectivity index (χ0n) is 6.06. The molecule has 52 valence electrons. The third-order valence-corrected chi connectivity index (χ3v) is 3.37. The maximum Gasteiger partial charge on any atom is 0.00469 e. The van der Waals surface area contributed by atoms with Crippen molar-refractivity contribution in [1.82, 2.24) is 0 Å². The highest BCUT2D eigenvalue weighted by atomic mass is 14.7. The zero-order valence-corrected chi connectivity index (χ0v) is 6.06. The van der Waals surface area contributed by atoms with Crippen LogP contribution in [-0.2, 0) is 0 Å². The fraction of sp³-hybridized carbons (Fsp3) is 1.00. The topological polar surface area (TPSA) is 26.0 Å². The Labute approximate surface area is 56.6 Å². The van der Waals surface area contributed by atoms with E-state index in [2.05, 4.69) is 6.92 Å². The van der Waals surface area contributed by atoms with E-state index in [9.17, 15) is 0 Å². The standard InChI is InChI=1S/C8H15N/c1-8-3-2-6(8)4-7(9)5-8/h6-7H,2-5,9H2,1H3/t6?,7?,8-/m1/s1. The number of hydrogen-bond donors (Lipinski definition) is 1. The lowest BCUT2D eigenvalue weighted by atomic mass is 9.64. The van der Waals surface area contributed by atoms with Crippen LogP contribution in [-0.4, -0.2) is 6.04 Å². The minimum atomic E-state index is 0.530. The van der Waals surface area contributed by atoms with Crippen molar-refractivity contribution in [2.24, 2.45) is 17.1 Å². The monoisotopic (exact) mass is 125 g/mol. The molecule has 0 bridgehead atoms. The molecule has 0 aromatic heterocycles. The smallest absolute Gasteiger partial charge is 0.00469 e. The number of nitrogens with two attached hydrogens (primary N) is 1. The van der Waals surface area contributed by atoms with Crippen LogP contribution in [0.4, 0.5) is 0 Å². The van der Waals surface area contributed by atoms with Crippen molar-refractivity contribution < 1.29 is 0 Å². The van der Waals surface area contributed by atoms with Crippen LogP contribution < -0.4 is 5.73 Å². The molecule has 2 fully saturated rings. The van der Waals surface area contributed by atoms with Gasteiger partial charge >= 0.3 is 0 Å². The van der Waals surface area contributed by atoms with Gasteiger partial charge in [0.15, 0.2) is 0 Å². The lowest BCUT2D eigenvalue weighted by molar-refractivity contribution is 0.0880. The first-order valence-corrected chi connectivity index (χ1v) is 3.96. The van der Waals surface area contributed by atoms with Gasteiger partial charge in [-0.25, -0.2) is 0 Å². The minimum Gasteiger partial charge on any atom is -0.328 e. The molecule has 9 heavy (non-hydrogen) atoms. The molecule has 2 aliphatic carbocycles. The van der Waals surface area contributed by atoms with Crippen molar-refractivity contribution in [2.45, 2.75) is 38.6 Å². The second-order valence-electron chi connectivity index (χ2n) is 4.09. The first-order valence-electron chi connectivity index (χ1n) is 3.96. The van der Waals surface area contributed by atoms with E-state index < -0.39 is 0 Å². The highest BCUT2D eigenvalue weighted by Crippen LogP contribution is 2.56. The Balaban J connectivity index is 2.12. The summed E-state index contributed by atoms with van der Waals surface area (Å²) in [7, 11) is 0. The summed E-state index contributed by atoms with van der Waals surface area (Å²) in [6.07, 6.45) is 5.48. The minimum absolute atomic E-state index is 0.530. The Morgan fingerprint density at radius 2 is 2.33 bits per heavy atom. The molecule has 2 rings (SSSR count). The molecule has 2 saturated carbocycles. The first kappa shape index (κ1) is 5.72. The lowest BCUT2D eigenvalue weighted by Crippen LogP contribution is -2.32. The number of fused-ring (bicyclic) bond motifs is 1. The van der Waals surface area contributed by atoms with Crippen molar-refractivity contribution in [2.75, 3.05) is 0 Å². The van der Waals surface area contributed by atoms with Crippen LogP contribution >= 0.6 is 0 Å². The summed E-state index contributed by atoms with van der Waals surface area (Å²) in [5.74, 6) is 0.993. The van der Waals surface area contributed by atoms with E-state index in [0.717, 1.165) is 5.92 Å². The van der Waals surface area contributed by atoms with Gasteiger partial charge in [-0.3, -0.25) is 0 Å². The lowest BCUT2D eigenvalue weighted by Gasteiger charge is -2.41. The summed E-state index contributed by atoms with van der Waals surface area (Å²) < 4.78 is 0. The molecule has 0 spiro atoms. The van der Waals surface area contributed by atoms with Crippen LogP contribution in [0.1, 0.15) is 32.6 Å². The molecule has 0 aromatic carbocycles. The quantitative estimate of drug-likeness (QED) is 0.522. The normalized spacial score (nSPS) is 56.7. The Bertz CT molecular complexity index is 133. The molecule has 1 heteroatoms. The van der Waals surface area contributed by atoms with Gasteiger partial charge in [0.25, 0.3) is 0 Å². The average molecular weight is 125 g/mol. The number of hydrogen-bond acceptors (Lipinski definition) is 1. The third kappa shape index (κ3) is 0.644. The summed E-state index contributed by atoms with van der Waals surface area (Å²) in [4.78, 5) is 0. The van der Waals surface area contributed by atoms with Crippen LogP contribution in [0.5, 0.6) is 0 Å². The predicted octanol–water partition coefficient (Wildman–Crippen LogP) is 1.52. The van der Waals surface area contributed by atoms with Gasteiger partial charge in [0, 0.05) is 6.04 Å². The predicted molar refractivity (Wildman–Crippen MR) is 38.0 cm³/mol. The van der Waals surface area contributed by atoms with Crippen molar-refractivity contribution in [3.63, 3.8) is 0 Å². The van der Waals surface area contributed by atoms with E-state index in [4.69, 9.17) is 5.73 Å². The molecular weight excluding hydrogens is 110 g/mol. The van der Waals surface area contributed by atoms with Gasteiger partial charge in [0.1, 0.15) is 0 Å². The molecule has 0 heterocycles. The first-order chi connectivity index (χ1) is 4.21. The molecule has 0 aliphatic heterocycles. The molecular formula is C8H15N. The van der Waals surface area contributed by atoms with E-state index in [1.165, 1.54) is 25.7 Å². The zero-order chi connectivity index (χ0) is 6.48. The summed E-state index contributed by atoms with van der Waals surface area (Å²) in [6.45, 7) is 2.40. The summed E-state index contributed by atoms with van der Waals surface area (Å²) in [5, 5.41) is 0. The van der Waals surface area contributed by atoms with Gasteiger partial charge < -0.3 is 5.73 Å².